The summed E-state index contributed by atoms with van der Waals surface area (Å²) in [5, 5.41) is 0. The van der Waals surface area contributed by atoms with Crippen LogP contribution in [0.1, 0.15) is 118 Å². The number of rotatable bonds is 22. The van der Waals surface area contributed by atoms with Crippen LogP contribution >= 0.6 is 0 Å². The predicted molar refractivity (Wildman–Crippen MR) is 118 cm³/mol. The van der Waals surface area contributed by atoms with Gasteiger partial charge in [0.15, 0.2) is 12.6 Å². The fraction of sp³-hybridized carbons (Fsp3) is 0.917. The van der Waals surface area contributed by atoms with E-state index in [1.54, 1.807) is 0 Å². The number of allylic oxidation sites excluding steroid dienone is 1. The van der Waals surface area contributed by atoms with Crippen molar-refractivity contribution in [2.75, 3.05) is 26.6 Å². The van der Waals surface area contributed by atoms with Crippen LogP contribution in [0.5, 0.6) is 0 Å². The molecule has 4 nitrogen and oxygen atoms in total. The second-order valence-electron chi connectivity index (χ2n) is 7.51. The Labute approximate surface area is 175 Å². The minimum atomic E-state index is 0.234. The molecular weight excluding hydrogens is 352 g/mol. The molecule has 0 spiro atoms. The zero-order chi connectivity index (χ0) is 20.7. The van der Waals surface area contributed by atoms with E-state index in [9.17, 15) is 0 Å². The third-order valence-electron chi connectivity index (χ3n) is 4.63. The van der Waals surface area contributed by atoms with Gasteiger partial charge in [-0.3, -0.25) is 0 Å². The van der Waals surface area contributed by atoms with Crippen LogP contribution in [0, 0.1) is 0 Å². The van der Waals surface area contributed by atoms with E-state index in [1.807, 2.05) is 0 Å². The first kappa shape index (κ1) is 27.1. The van der Waals surface area contributed by atoms with Crippen LogP contribution in [-0.4, -0.2) is 26.6 Å². The molecule has 0 saturated carbocycles. The van der Waals surface area contributed by atoms with Gasteiger partial charge in [0.2, 0.25) is 0 Å². The normalized spacial score (nSPS) is 12.0. The highest BCUT2D eigenvalue weighted by molar-refractivity contribution is 4.95. The first-order valence-electron chi connectivity index (χ1n) is 12.0. The SMILES string of the molecule is CCCCCCCOC(CCC)=C(OCCCCCCC)OCOCCCC. The van der Waals surface area contributed by atoms with E-state index >= 15 is 0 Å². The lowest BCUT2D eigenvalue weighted by atomic mass is 10.2. The van der Waals surface area contributed by atoms with Gasteiger partial charge < -0.3 is 18.9 Å². The van der Waals surface area contributed by atoms with Crippen molar-refractivity contribution in [1.29, 1.82) is 0 Å². The topological polar surface area (TPSA) is 36.9 Å². The molecule has 0 aromatic carbocycles. The third-order valence-corrected chi connectivity index (χ3v) is 4.63. The first-order chi connectivity index (χ1) is 13.8. The lowest BCUT2D eigenvalue weighted by Gasteiger charge is -2.17. The zero-order valence-electron chi connectivity index (χ0n) is 19.4. The van der Waals surface area contributed by atoms with Crippen LogP contribution in [0.3, 0.4) is 0 Å². The van der Waals surface area contributed by atoms with Crippen molar-refractivity contribution >= 4 is 0 Å². The number of hydrogen-bond acceptors (Lipinski definition) is 4. The van der Waals surface area contributed by atoms with E-state index in [0.29, 0.717) is 12.6 Å². The summed E-state index contributed by atoms with van der Waals surface area (Å²) in [6, 6.07) is 0. The van der Waals surface area contributed by atoms with E-state index in [0.717, 1.165) is 57.5 Å². The quantitative estimate of drug-likeness (QED) is 0.106. The molecule has 0 aromatic rings. The first-order valence-corrected chi connectivity index (χ1v) is 12.0. The molecule has 0 bridgehead atoms. The second-order valence-corrected chi connectivity index (χ2v) is 7.51. The molecule has 0 aliphatic heterocycles. The maximum atomic E-state index is 6.07. The standard InChI is InChI=1S/C24H48O4/c1-5-9-12-14-16-20-26-23(18-8-4)24(28-22-25-19-11-7-3)27-21-17-15-13-10-6-2/h5-22H2,1-4H3. The van der Waals surface area contributed by atoms with E-state index in [2.05, 4.69) is 27.7 Å². The van der Waals surface area contributed by atoms with Crippen molar-refractivity contribution in [3.8, 4) is 0 Å². The third kappa shape index (κ3) is 17.2. The number of unbranched alkanes of at least 4 members (excludes halogenated alkanes) is 9. The Balaban J connectivity index is 4.52. The van der Waals surface area contributed by atoms with Crippen LogP contribution in [-0.2, 0) is 18.9 Å². The summed E-state index contributed by atoms with van der Waals surface area (Å²) < 4.78 is 23.5. The molecule has 4 heteroatoms. The lowest BCUT2D eigenvalue weighted by molar-refractivity contribution is -0.0843. The van der Waals surface area contributed by atoms with E-state index in [-0.39, 0.29) is 6.79 Å². The molecule has 0 aliphatic carbocycles. The van der Waals surface area contributed by atoms with Gasteiger partial charge in [-0.2, -0.15) is 0 Å². The monoisotopic (exact) mass is 400 g/mol. The van der Waals surface area contributed by atoms with Crippen molar-refractivity contribution < 1.29 is 18.9 Å². The van der Waals surface area contributed by atoms with Gasteiger partial charge in [-0.05, 0) is 25.7 Å². The van der Waals surface area contributed by atoms with Crippen molar-refractivity contribution in [2.24, 2.45) is 0 Å². The van der Waals surface area contributed by atoms with Crippen molar-refractivity contribution in [2.45, 2.75) is 118 Å². The Morgan fingerprint density at radius 1 is 0.500 bits per heavy atom. The van der Waals surface area contributed by atoms with Gasteiger partial charge in [0.05, 0.1) is 19.8 Å². The van der Waals surface area contributed by atoms with Crippen molar-refractivity contribution in [3.05, 3.63) is 11.7 Å². The van der Waals surface area contributed by atoms with E-state index in [1.165, 1.54) is 51.4 Å². The minimum Gasteiger partial charge on any atom is -0.491 e. The Hall–Kier alpha value is -0.900. The van der Waals surface area contributed by atoms with Gasteiger partial charge in [-0.15, -0.1) is 0 Å². The minimum absolute atomic E-state index is 0.234. The fourth-order valence-corrected chi connectivity index (χ4v) is 2.83. The zero-order valence-corrected chi connectivity index (χ0v) is 19.4. The van der Waals surface area contributed by atoms with Crippen LogP contribution in [0.4, 0.5) is 0 Å². The summed E-state index contributed by atoms with van der Waals surface area (Å²) in [6.07, 6.45) is 16.3. The highest BCUT2D eigenvalue weighted by Gasteiger charge is 2.12. The molecule has 28 heavy (non-hydrogen) atoms. The maximum absolute atomic E-state index is 6.07. The molecule has 168 valence electrons. The molecule has 0 radical (unpaired) electrons. The lowest BCUT2D eigenvalue weighted by Crippen LogP contribution is -2.10. The molecule has 0 saturated heterocycles. The van der Waals surface area contributed by atoms with Crippen LogP contribution < -0.4 is 0 Å². The van der Waals surface area contributed by atoms with E-state index < -0.39 is 0 Å². The number of ether oxygens (including phenoxy) is 4. The Morgan fingerprint density at radius 2 is 1.07 bits per heavy atom. The van der Waals surface area contributed by atoms with Gasteiger partial charge >= 0.3 is 5.95 Å². The van der Waals surface area contributed by atoms with Crippen LogP contribution in [0.15, 0.2) is 11.7 Å². The van der Waals surface area contributed by atoms with Crippen LogP contribution in [0.25, 0.3) is 0 Å². The molecule has 0 fully saturated rings. The molecule has 0 atom stereocenters. The molecular formula is C24H48O4. The number of hydrogen-bond donors (Lipinski definition) is 0. The Morgan fingerprint density at radius 3 is 1.64 bits per heavy atom. The molecule has 0 rings (SSSR count). The molecule has 0 unspecified atom stereocenters. The molecule has 0 amide bonds. The van der Waals surface area contributed by atoms with Gasteiger partial charge in [0, 0.05) is 6.42 Å². The highest BCUT2D eigenvalue weighted by atomic mass is 16.7. The molecule has 0 heterocycles. The largest absolute Gasteiger partial charge is 0.491 e. The van der Waals surface area contributed by atoms with Gasteiger partial charge in [-0.1, -0.05) is 85.5 Å². The Bertz CT molecular complexity index is 341. The summed E-state index contributed by atoms with van der Waals surface area (Å²) in [6.45, 7) is 11.2. The van der Waals surface area contributed by atoms with Crippen LogP contribution in [0.2, 0.25) is 0 Å². The van der Waals surface area contributed by atoms with Gasteiger partial charge in [0.1, 0.15) is 0 Å². The summed E-state index contributed by atoms with van der Waals surface area (Å²) in [5.74, 6) is 1.40. The summed E-state index contributed by atoms with van der Waals surface area (Å²) in [5.41, 5.74) is 0. The van der Waals surface area contributed by atoms with Crippen molar-refractivity contribution in [3.63, 3.8) is 0 Å². The molecule has 0 N–H and O–H groups in total. The predicted octanol–water partition coefficient (Wildman–Crippen LogP) is 7.72. The van der Waals surface area contributed by atoms with Crippen molar-refractivity contribution in [1.82, 2.24) is 0 Å². The smallest absolute Gasteiger partial charge is 0.321 e. The van der Waals surface area contributed by atoms with Gasteiger partial charge in [-0.25, -0.2) is 0 Å². The van der Waals surface area contributed by atoms with Gasteiger partial charge in [0.25, 0.3) is 0 Å². The average Bonchev–Trinajstić information content (AvgIpc) is 2.70. The fourth-order valence-electron chi connectivity index (χ4n) is 2.83. The average molecular weight is 401 g/mol. The maximum Gasteiger partial charge on any atom is 0.321 e. The summed E-state index contributed by atoms with van der Waals surface area (Å²) >= 11 is 0. The summed E-state index contributed by atoms with van der Waals surface area (Å²) in [7, 11) is 0. The van der Waals surface area contributed by atoms with E-state index in [4.69, 9.17) is 18.9 Å². The highest BCUT2D eigenvalue weighted by Crippen LogP contribution is 2.18. The molecule has 0 aromatic heterocycles. The summed E-state index contributed by atoms with van der Waals surface area (Å²) in [4.78, 5) is 0. The second kappa shape index (κ2) is 22.4. The Kier molecular flexibility index (Phi) is 21.7. The molecule has 0 aliphatic rings.